The van der Waals surface area contributed by atoms with Gasteiger partial charge < -0.3 is 9.52 Å². The number of benzene rings is 1. The van der Waals surface area contributed by atoms with Crippen molar-refractivity contribution in [3.05, 3.63) is 35.6 Å². The van der Waals surface area contributed by atoms with E-state index >= 15 is 0 Å². The summed E-state index contributed by atoms with van der Waals surface area (Å²) in [5, 5.41) is 11.1. The van der Waals surface area contributed by atoms with Gasteiger partial charge >= 0.3 is 0 Å². The van der Waals surface area contributed by atoms with Gasteiger partial charge in [-0.1, -0.05) is 18.2 Å². The molecule has 0 saturated carbocycles. The van der Waals surface area contributed by atoms with E-state index in [9.17, 15) is 13.5 Å². The molecule has 0 aliphatic heterocycles. The van der Waals surface area contributed by atoms with Crippen LogP contribution >= 0.6 is 0 Å². The number of furan rings is 1. The Hall–Kier alpha value is -1.33. The molecule has 0 aliphatic carbocycles. The van der Waals surface area contributed by atoms with Crippen LogP contribution in [-0.4, -0.2) is 25.5 Å². The normalized spacial score (nSPS) is 13.8. The molecule has 0 amide bonds. The molecule has 5 heteroatoms. The van der Waals surface area contributed by atoms with E-state index in [1.165, 1.54) is 6.26 Å². The van der Waals surface area contributed by atoms with Gasteiger partial charge in [-0.05, 0) is 25.8 Å². The fourth-order valence-electron chi connectivity index (χ4n) is 2.29. The minimum Gasteiger partial charge on any atom is -0.461 e. The quantitative estimate of drug-likeness (QED) is 0.915. The van der Waals surface area contributed by atoms with Gasteiger partial charge in [-0.15, -0.1) is 0 Å². The lowest BCUT2D eigenvalue weighted by atomic mass is 10.0. The second-order valence-electron chi connectivity index (χ2n) is 4.86. The molecule has 0 bridgehead atoms. The second kappa shape index (κ2) is 5.35. The summed E-state index contributed by atoms with van der Waals surface area (Å²) in [5.74, 6) is 0.784. The largest absolute Gasteiger partial charge is 0.461 e. The average molecular weight is 282 g/mol. The average Bonchev–Trinajstić information content (AvgIpc) is 2.63. The van der Waals surface area contributed by atoms with Gasteiger partial charge in [0.25, 0.3) is 0 Å². The predicted molar refractivity (Wildman–Crippen MR) is 74.9 cm³/mol. The first-order valence-electron chi connectivity index (χ1n) is 6.22. The SMILES string of the molecule is Cc1oc2ccccc2c1C(O)CCCS(C)(=O)=O. The molecule has 2 aromatic rings. The smallest absolute Gasteiger partial charge is 0.147 e. The van der Waals surface area contributed by atoms with Crippen molar-refractivity contribution in [2.45, 2.75) is 25.9 Å². The summed E-state index contributed by atoms with van der Waals surface area (Å²) in [4.78, 5) is 0. The third-order valence-corrected chi connectivity index (χ3v) is 4.18. The summed E-state index contributed by atoms with van der Waals surface area (Å²) in [7, 11) is -2.98. The van der Waals surface area contributed by atoms with Gasteiger partial charge in [0.2, 0.25) is 0 Å². The van der Waals surface area contributed by atoms with Gasteiger partial charge in [-0.2, -0.15) is 0 Å². The van der Waals surface area contributed by atoms with Crippen molar-refractivity contribution in [2.75, 3.05) is 12.0 Å². The number of aryl methyl sites for hydroxylation is 1. The molecule has 0 spiro atoms. The van der Waals surface area contributed by atoms with E-state index in [1.807, 2.05) is 31.2 Å². The van der Waals surface area contributed by atoms with E-state index in [0.717, 1.165) is 16.5 Å². The van der Waals surface area contributed by atoms with Crippen molar-refractivity contribution >= 4 is 20.8 Å². The highest BCUT2D eigenvalue weighted by molar-refractivity contribution is 7.90. The lowest BCUT2D eigenvalue weighted by Gasteiger charge is -2.09. The van der Waals surface area contributed by atoms with Gasteiger partial charge in [0.1, 0.15) is 21.2 Å². The fraction of sp³-hybridized carbons (Fsp3) is 0.429. The zero-order valence-electron chi connectivity index (χ0n) is 11.1. The maximum atomic E-state index is 11.1. The summed E-state index contributed by atoms with van der Waals surface area (Å²) >= 11 is 0. The van der Waals surface area contributed by atoms with Gasteiger partial charge in [-0.3, -0.25) is 0 Å². The van der Waals surface area contributed by atoms with Crippen molar-refractivity contribution in [3.8, 4) is 0 Å². The molecule has 0 fully saturated rings. The Morgan fingerprint density at radius 2 is 2.00 bits per heavy atom. The van der Waals surface area contributed by atoms with E-state index in [4.69, 9.17) is 4.42 Å². The molecule has 1 heterocycles. The van der Waals surface area contributed by atoms with Gasteiger partial charge in [0.05, 0.1) is 6.10 Å². The molecule has 1 unspecified atom stereocenters. The van der Waals surface area contributed by atoms with Crippen LogP contribution in [0.4, 0.5) is 0 Å². The maximum absolute atomic E-state index is 11.1. The fourth-order valence-corrected chi connectivity index (χ4v) is 2.98. The summed E-state index contributed by atoms with van der Waals surface area (Å²) in [6.07, 6.45) is 1.37. The summed E-state index contributed by atoms with van der Waals surface area (Å²) in [6, 6.07) is 7.53. The highest BCUT2D eigenvalue weighted by atomic mass is 32.2. The molecule has 1 aromatic heterocycles. The summed E-state index contributed by atoms with van der Waals surface area (Å²) in [6.45, 7) is 1.81. The van der Waals surface area contributed by atoms with Gasteiger partial charge in [0.15, 0.2) is 0 Å². The van der Waals surface area contributed by atoms with Crippen molar-refractivity contribution < 1.29 is 17.9 Å². The lowest BCUT2D eigenvalue weighted by molar-refractivity contribution is 0.166. The minimum atomic E-state index is -2.98. The number of sulfone groups is 1. The van der Waals surface area contributed by atoms with Crippen LogP contribution in [0, 0.1) is 6.92 Å². The van der Waals surface area contributed by atoms with Gasteiger partial charge in [-0.25, -0.2) is 8.42 Å². The molecule has 1 atom stereocenters. The minimum absolute atomic E-state index is 0.0961. The third kappa shape index (κ3) is 3.36. The summed E-state index contributed by atoms with van der Waals surface area (Å²) < 4.78 is 27.7. The van der Waals surface area contributed by atoms with Gasteiger partial charge in [0, 0.05) is 23.0 Å². The van der Waals surface area contributed by atoms with Crippen LogP contribution in [0.3, 0.4) is 0 Å². The predicted octanol–water partition coefficient (Wildman–Crippen LogP) is 2.60. The molecule has 0 radical (unpaired) electrons. The number of aliphatic hydroxyl groups excluding tert-OH is 1. The number of para-hydroxylation sites is 1. The molecule has 104 valence electrons. The molecule has 19 heavy (non-hydrogen) atoms. The number of fused-ring (bicyclic) bond motifs is 1. The molecular formula is C14H18O4S. The Balaban J connectivity index is 2.17. The molecule has 0 aliphatic rings. The van der Waals surface area contributed by atoms with Crippen LogP contribution in [0.5, 0.6) is 0 Å². The zero-order chi connectivity index (χ0) is 14.0. The van der Waals surface area contributed by atoms with Crippen LogP contribution in [0.25, 0.3) is 11.0 Å². The zero-order valence-corrected chi connectivity index (χ0v) is 11.9. The standard InChI is InChI=1S/C14H18O4S/c1-10-14(11-6-3-4-8-13(11)18-10)12(15)7-5-9-19(2,16)17/h3-4,6,8,12,15H,5,7,9H2,1-2H3. The van der Waals surface area contributed by atoms with Crippen molar-refractivity contribution in [1.29, 1.82) is 0 Å². The highest BCUT2D eigenvalue weighted by Crippen LogP contribution is 2.32. The van der Waals surface area contributed by atoms with E-state index in [2.05, 4.69) is 0 Å². The molecule has 2 rings (SSSR count). The Morgan fingerprint density at radius 1 is 1.32 bits per heavy atom. The summed E-state index contributed by atoms with van der Waals surface area (Å²) in [5.41, 5.74) is 1.52. The molecule has 4 nitrogen and oxygen atoms in total. The van der Waals surface area contributed by atoms with E-state index in [0.29, 0.717) is 18.6 Å². The molecular weight excluding hydrogens is 264 g/mol. The van der Waals surface area contributed by atoms with Crippen molar-refractivity contribution in [1.82, 2.24) is 0 Å². The van der Waals surface area contributed by atoms with Crippen LogP contribution in [0.2, 0.25) is 0 Å². The Kier molecular flexibility index (Phi) is 3.96. The number of rotatable bonds is 5. The monoisotopic (exact) mass is 282 g/mol. The first-order valence-corrected chi connectivity index (χ1v) is 8.28. The number of hydrogen-bond donors (Lipinski definition) is 1. The Bertz CT molecular complexity index is 670. The Labute approximate surface area is 113 Å². The third-order valence-electron chi connectivity index (χ3n) is 3.15. The second-order valence-corrected chi connectivity index (χ2v) is 7.12. The number of hydrogen-bond acceptors (Lipinski definition) is 4. The lowest BCUT2D eigenvalue weighted by Crippen LogP contribution is -2.06. The maximum Gasteiger partial charge on any atom is 0.147 e. The van der Waals surface area contributed by atoms with Crippen LogP contribution in [0.1, 0.15) is 30.3 Å². The van der Waals surface area contributed by atoms with E-state index < -0.39 is 15.9 Å². The highest BCUT2D eigenvalue weighted by Gasteiger charge is 2.18. The van der Waals surface area contributed by atoms with Crippen LogP contribution in [0.15, 0.2) is 28.7 Å². The van der Waals surface area contributed by atoms with E-state index in [1.54, 1.807) is 0 Å². The van der Waals surface area contributed by atoms with Crippen LogP contribution in [-0.2, 0) is 9.84 Å². The van der Waals surface area contributed by atoms with Crippen molar-refractivity contribution in [3.63, 3.8) is 0 Å². The van der Waals surface area contributed by atoms with E-state index in [-0.39, 0.29) is 5.75 Å². The van der Waals surface area contributed by atoms with Crippen LogP contribution < -0.4 is 0 Å². The van der Waals surface area contributed by atoms with Crippen molar-refractivity contribution in [2.24, 2.45) is 0 Å². The number of aliphatic hydroxyl groups is 1. The molecule has 0 saturated heterocycles. The Morgan fingerprint density at radius 3 is 2.68 bits per heavy atom. The first-order chi connectivity index (χ1) is 8.88. The molecule has 1 N–H and O–H groups in total. The molecule has 1 aromatic carbocycles. The topological polar surface area (TPSA) is 67.5 Å². The first kappa shape index (κ1) is 14.1.